The highest BCUT2D eigenvalue weighted by Gasteiger charge is 2.19. The number of likely N-dealkylation sites (tertiary alicyclic amines) is 1. The summed E-state index contributed by atoms with van der Waals surface area (Å²) in [5.41, 5.74) is 0. The van der Waals surface area contributed by atoms with E-state index in [-0.39, 0.29) is 6.61 Å². The first-order chi connectivity index (χ1) is 9.38. The molecule has 1 heterocycles. The van der Waals surface area contributed by atoms with Gasteiger partial charge < -0.3 is 9.84 Å². The lowest BCUT2D eigenvalue weighted by Gasteiger charge is -2.32. The van der Waals surface area contributed by atoms with E-state index in [0.717, 1.165) is 25.3 Å². The molecule has 1 aliphatic rings. The van der Waals surface area contributed by atoms with Gasteiger partial charge in [0.15, 0.2) is 0 Å². The first kappa shape index (κ1) is 14.9. The molecule has 0 aromatic heterocycles. The summed E-state index contributed by atoms with van der Waals surface area (Å²) in [7, 11) is 0. The van der Waals surface area contributed by atoms with Crippen LogP contribution in [0, 0.1) is 0 Å². The normalized spacial score (nSPS) is 20.6. The van der Waals surface area contributed by atoms with Gasteiger partial charge in [0.2, 0.25) is 0 Å². The number of ether oxygens (including phenoxy) is 1. The van der Waals surface area contributed by atoms with Gasteiger partial charge in [0.1, 0.15) is 0 Å². The molecule has 1 unspecified atom stereocenters. The van der Waals surface area contributed by atoms with Crippen LogP contribution in [-0.4, -0.2) is 54.7 Å². The van der Waals surface area contributed by atoms with Gasteiger partial charge in [0.05, 0.1) is 19.3 Å². The highest BCUT2D eigenvalue weighted by molar-refractivity contribution is 7.99. The van der Waals surface area contributed by atoms with Crippen LogP contribution < -0.4 is 0 Å². The average Bonchev–Trinajstić information content (AvgIpc) is 2.47. The smallest absolute Gasteiger partial charge is 0.0703 e. The van der Waals surface area contributed by atoms with Gasteiger partial charge in [-0.15, -0.1) is 11.8 Å². The van der Waals surface area contributed by atoms with Crippen molar-refractivity contribution in [3.63, 3.8) is 0 Å². The van der Waals surface area contributed by atoms with E-state index in [1.807, 2.05) is 11.8 Å². The van der Waals surface area contributed by atoms with E-state index < -0.39 is 0 Å². The Morgan fingerprint density at radius 3 is 2.95 bits per heavy atom. The fourth-order valence-electron chi connectivity index (χ4n) is 2.38. The summed E-state index contributed by atoms with van der Waals surface area (Å²) >= 11 is 1.91. The standard InChI is InChI=1S/C15H23NO2S/c17-10-11-18-14-5-4-8-16(13-14)9-12-19-15-6-2-1-3-7-15/h1-3,6-7,14,17H,4-5,8-13H2. The zero-order chi connectivity index (χ0) is 13.3. The molecule has 1 atom stereocenters. The third-order valence-corrected chi connectivity index (χ3v) is 4.32. The number of piperidine rings is 1. The van der Waals surface area contributed by atoms with Crippen LogP contribution in [0.5, 0.6) is 0 Å². The molecule has 106 valence electrons. The number of nitrogens with zero attached hydrogens (tertiary/aromatic N) is 1. The van der Waals surface area contributed by atoms with E-state index >= 15 is 0 Å². The molecule has 0 aliphatic carbocycles. The van der Waals surface area contributed by atoms with Crippen molar-refractivity contribution in [3.05, 3.63) is 30.3 Å². The molecular formula is C15H23NO2S. The molecule has 0 bridgehead atoms. The Kier molecular flexibility index (Phi) is 6.71. The van der Waals surface area contributed by atoms with Crippen LogP contribution in [0.3, 0.4) is 0 Å². The zero-order valence-corrected chi connectivity index (χ0v) is 12.1. The molecule has 1 aromatic carbocycles. The lowest BCUT2D eigenvalue weighted by Crippen LogP contribution is -2.41. The molecule has 0 spiro atoms. The monoisotopic (exact) mass is 281 g/mol. The van der Waals surface area contributed by atoms with E-state index in [0.29, 0.717) is 12.7 Å². The first-order valence-corrected chi connectivity index (χ1v) is 7.99. The van der Waals surface area contributed by atoms with Gasteiger partial charge in [0.25, 0.3) is 0 Å². The van der Waals surface area contributed by atoms with Crippen molar-refractivity contribution in [2.24, 2.45) is 0 Å². The van der Waals surface area contributed by atoms with Crippen molar-refractivity contribution in [2.75, 3.05) is 38.6 Å². The van der Waals surface area contributed by atoms with Crippen LogP contribution in [0.15, 0.2) is 35.2 Å². The average molecular weight is 281 g/mol. The summed E-state index contributed by atoms with van der Waals surface area (Å²) in [6, 6.07) is 10.5. The fraction of sp³-hybridized carbons (Fsp3) is 0.600. The zero-order valence-electron chi connectivity index (χ0n) is 11.3. The minimum Gasteiger partial charge on any atom is -0.394 e. The van der Waals surface area contributed by atoms with E-state index in [1.54, 1.807) is 0 Å². The van der Waals surface area contributed by atoms with Crippen LogP contribution in [0.25, 0.3) is 0 Å². The molecule has 1 saturated heterocycles. The number of benzene rings is 1. The van der Waals surface area contributed by atoms with Crippen LogP contribution >= 0.6 is 11.8 Å². The Morgan fingerprint density at radius 2 is 2.16 bits per heavy atom. The van der Waals surface area contributed by atoms with Gasteiger partial charge in [-0.05, 0) is 31.5 Å². The number of hydrogen-bond donors (Lipinski definition) is 1. The Labute approximate surface area is 120 Å². The summed E-state index contributed by atoms with van der Waals surface area (Å²) in [6.07, 6.45) is 2.64. The number of thioether (sulfide) groups is 1. The van der Waals surface area contributed by atoms with E-state index in [1.165, 1.54) is 17.9 Å². The van der Waals surface area contributed by atoms with Crippen molar-refractivity contribution in [2.45, 2.75) is 23.8 Å². The maximum Gasteiger partial charge on any atom is 0.0703 e. The first-order valence-electron chi connectivity index (χ1n) is 7.01. The van der Waals surface area contributed by atoms with Crippen molar-refractivity contribution in [1.29, 1.82) is 0 Å². The molecule has 19 heavy (non-hydrogen) atoms. The molecule has 0 radical (unpaired) electrons. The van der Waals surface area contributed by atoms with E-state index in [9.17, 15) is 0 Å². The quantitative estimate of drug-likeness (QED) is 0.777. The Bertz CT molecular complexity index is 347. The van der Waals surface area contributed by atoms with E-state index in [4.69, 9.17) is 9.84 Å². The molecule has 1 fully saturated rings. The summed E-state index contributed by atoms with van der Waals surface area (Å²) in [5, 5.41) is 8.79. The molecule has 0 amide bonds. The molecule has 1 N–H and O–H groups in total. The van der Waals surface area contributed by atoms with Crippen LogP contribution in [0.4, 0.5) is 0 Å². The minimum absolute atomic E-state index is 0.125. The number of aliphatic hydroxyl groups is 1. The maximum atomic E-state index is 8.79. The van der Waals surface area contributed by atoms with Crippen LogP contribution in [0.2, 0.25) is 0 Å². The molecule has 2 rings (SSSR count). The minimum atomic E-state index is 0.125. The predicted molar refractivity (Wildman–Crippen MR) is 79.7 cm³/mol. The number of rotatable bonds is 7. The molecule has 0 saturated carbocycles. The molecule has 3 nitrogen and oxygen atoms in total. The van der Waals surface area contributed by atoms with Crippen molar-refractivity contribution < 1.29 is 9.84 Å². The second kappa shape index (κ2) is 8.59. The third-order valence-electron chi connectivity index (χ3n) is 3.33. The number of hydrogen-bond acceptors (Lipinski definition) is 4. The second-order valence-electron chi connectivity index (χ2n) is 4.82. The van der Waals surface area contributed by atoms with Gasteiger partial charge in [-0.3, -0.25) is 4.90 Å². The highest BCUT2D eigenvalue weighted by Crippen LogP contribution is 2.18. The molecule has 4 heteroatoms. The lowest BCUT2D eigenvalue weighted by molar-refractivity contribution is -0.0130. The van der Waals surface area contributed by atoms with Gasteiger partial charge in [-0.2, -0.15) is 0 Å². The summed E-state index contributed by atoms with van der Waals surface area (Å²) in [5.74, 6) is 1.12. The SMILES string of the molecule is OCCOC1CCCN(CCSc2ccccc2)C1. The van der Waals surface area contributed by atoms with Gasteiger partial charge in [-0.1, -0.05) is 18.2 Å². The largest absolute Gasteiger partial charge is 0.394 e. The Morgan fingerprint density at radius 1 is 1.32 bits per heavy atom. The van der Waals surface area contributed by atoms with Gasteiger partial charge in [-0.25, -0.2) is 0 Å². The van der Waals surface area contributed by atoms with Crippen LogP contribution in [-0.2, 0) is 4.74 Å². The van der Waals surface area contributed by atoms with E-state index in [2.05, 4.69) is 35.2 Å². The summed E-state index contributed by atoms with van der Waals surface area (Å²) in [6.45, 7) is 3.89. The topological polar surface area (TPSA) is 32.7 Å². The summed E-state index contributed by atoms with van der Waals surface area (Å²) < 4.78 is 5.63. The molecular weight excluding hydrogens is 258 g/mol. The van der Waals surface area contributed by atoms with Crippen molar-refractivity contribution in [1.82, 2.24) is 4.90 Å². The second-order valence-corrected chi connectivity index (χ2v) is 5.99. The maximum absolute atomic E-state index is 8.79. The number of aliphatic hydroxyl groups excluding tert-OH is 1. The Hall–Kier alpha value is -0.550. The molecule has 1 aliphatic heterocycles. The third kappa shape index (κ3) is 5.53. The highest BCUT2D eigenvalue weighted by atomic mass is 32.2. The summed E-state index contributed by atoms with van der Waals surface area (Å²) in [4.78, 5) is 3.81. The van der Waals surface area contributed by atoms with Gasteiger partial charge in [0, 0.05) is 23.7 Å². The van der Waals surface area contributed by atoms with Crippen molar-refractivity contribution in [3.8, 4) is 0 Å². The fourth-order valence-corrected chi connectivity index (χ4v) is 3.32. The van der Waals surface area contributed by atoms with Gasteiger partial charge >= 0.3 is 0 Å². The predicted octanol–water partition coefficient (Wildman–Crippen LogP) is 2.25. The molecule has 1 aromatic rings. The lowest BCUT2D eigenvalue weighted by atomic mass is 10.1. The van der Waals surface area contributed by atoms with Crippen LogP contribution in [0.1, 0.15) is 12.8 Å². The van der Waals surface area contributed by atoms with Crippen molar-refractivity contribution >= 4 is 11.8 Å². The Balaban J connectivity index is 1.65.